The Morgan fingerprint density at radius 1 is 1.29 bits per heavy atom. The van der Waals surface area contributed by atoms with Gasteiger partial charge in [-0.3, -0.25) is 0 Å². The summed E-state index contributed by atoms with van der Waals surface area (Å²) in [6, 6.07) is 12.3. The maximum Gasteiger partial charge on any atom is 0.226 e. The number of nitriles is 1. The van der Waals surface area contributed by atoms with E-state index in [1.165, 1.54) is 11.1 Å². The zero-order valence-electron chi connectivity index (χ0n) is 14.0. The second-order valence-electron chi connectivity index (χ2n) is 6.17. The van der Waals surface area contributed by atoms with Crippen LogP contribution in [0.5, 0.6) is 0 Å². The quantitative estimate of drug-likeness (QED) is 0.818. The molecule has 0 bridgehead atoms. The molecule has 2 heterocycles. The summed E-state index contributed by atoms with van der Waals surface area (Å²) in [4.78, 5) is 10.9. The van der Waals surface area contributed by atoms with Gasteiger partial charge in [-0.15, -0.1) is 0 Å². The largest absolute Gasteiger partial charge is 0.376 e. The Kier molecular flexibility index (Phi) is 5.39. The summed E-state index contributed by atoms with van der Waals surface area (Å²) in [5.74, 6) is 0.608. The van der Waals surface area contributed by atoms with Gasteiger partial charge in [0.15, 0.2) is 0 Å². The Balaban J connectivity index is 1.73. The fourth-order valence-electron chi connectivity index (χ4n) is 2.89. The number of rotatable bonds is 6. The van der Waals surface area contributed by atoms with Gasteiger partial charge >= 0.3 is 0 Å². The van der Waals surface area contributed by atoms with Crippen molar-refractivity contribution in [2.24, 2.45) is 0 Å². The number of ether oxygens (including phenoxy) is 1. The average molecular weight is 322 g/mol. The highest BCUT2D eigenvalue weighted by Gasteiger charge is 2.21. The lowest BCUT2D eigenvalue weighted by atomic mass is 10.1. The summed E-state index contributed by atoms with van der Waals surface area (Å²) in [6.45, 7) is 4.49. The minimum atomic E-state index is 0.220. The molecule has 0 spiro atoms. The highest BCUT2D eigenvalue weighted by molar-refractivity contribution is 5.34. The Morgan fingerprint density at radius 2 is 2.12 bits per heavy atom. The summed E-state index contributed by atoms with van der Waals surface area (Å²) in [5.41, 5.74) is 2.95. The van der Waals surface area contributed by atoms with Gasteiger partial charge < -0.3 is 9.64 Å². The maximum absolute atomic E-state index is 9.08. The third-order valence-electron chi connectivity index (χ3n) is 4.28. The topological polar surface area (TPSA) is 62.0 Å². The van der Waals surface area contributed by atoms with Crippen LogP contribution in [0.4, 0.5) is 5.95 Å². The molecule has 2 aromatic rings. The van der Waals surface area contributed by atoms with Crippen LogP contribution in [0.15, 0.2) is 36.5 Å². The summed E-state index contributed by atoms with van der Waals surface area (Å²) >= 11 is 0. The third-order valence-corrected chi connectivity index (χ3v) is 4.28. The van der Waals surface area contributed by atoms with Crippen molar-refractivity contribution in [1.82, 2.24) is 9.97 Å². The molecule has 1 unspecified atom stereocenters. The molecule has 5 heteroatoms. The molecular formula is C19H22N4O. The van der Waals surface area contributed by atoms with Gasteiger partial charge in [0.25, 0.3) is 0 Å². The van der Waals surface area contributed by atoms with Crippen LogP contribution < -0.4 is 4.90 Å². The maximum atomic E-state index is 9.08. The van der Waals surface area contributed by atoms with Gasteiger partial charge in [-0.25, -0.2) is 9.97 Å². The molecule has 1 saturated heterocycles. The first-order valence-electron chi connectivity index (χ1n) is 8.40. The van der Waals surface area contributed by atoms with Crippen LogP contribution in [0.2, 0.25) is 0 Å². The van der Waals surface area contributed by atoms with Crippen molar-refractivity contribution >= 4 is 5.95 Å². The van der Waals surface area contributed by atoms with Crippen molar-refractivity contribution < 1.29 is 4.74 Å². The van der Waals surface area contributed by atoms with Crippen molar-refractivity contribution in [3.05, 3.63) is 53.3 Å². The van der Waals surface area contributed by atoms with Crippen molar-refractivity contribution in [2.45, 2.75) is 32.3 Å². The molecule has 5 nitrogen and oxygen atoms in total. The summed E-state index contributed by atoms with van der Waals surface area (Å²) in [5, 5.41) is 9.08. The highest BCUT2D eigenvalue weighted by atomic mass is 16.5. The second kappa shape index (κ2) is 7.89. The molecular weight excluding hydrogens is 300 g/mol. The highest BCUT2D eigenvalue weighted by Crippen LogP contribution is 2.17. The number of hydrogen-bond acceptors (Lipinski definition) is 5. The first kappa shape index (κ1) is 16.4. The SMILES string of the molecule is Cc1ccc(CCN(CC2CCCO2)c2nccc(C#N)n2)cc1. The standard InChI is InChI=1S/C19H22N4O/c1-15-4-6-16(7-5-15)9-11-23(14-18-3-2-12-24-18)19-21-10-8-17(13-20)22-19/h4-8,10,18H,2-3,9,11-12,14H2,1H3. The minimum Gasteiger partial charge on any atom is -0.376 e. The van der Waals surface area contributed by atoms with Crippen LogP contribution in [-0.4, -0.2) is 35.8 Å². The Labute approximate surface area is 142 Å². The Bertz CT molecular complexity index is 702. The molecule has 1 aliphatic rings. The van der Waals surface area contributed by atoms with E-state index in [1.54, 1.807) is 12.3 Å². The lowest BCUT2D eigenvalue weighted by molar-refractivity contribution is 0.115. The minimum absolute atomic E-state index is 0.220. The molecule has 1 atom stereocenters. The van der Waals surface area contributed by atoms with Gasteiger partial charge in [-0.1, -0.05) is 29.8 Å². The molecule has 124 valence electrons. The molecule has 0 radical (unpaired) electrons. The monoisotopic (exact) mass is 322 g/mol. The van der Waals surface area contributed by atoms with Crippen molar-refractivity contribution in [1.29, 1.82) is 5.26 Å². The average Bonchev–Trinajstić information content (AvgIpc) is 3.13. The molecule has 0 saturated carbocycles. The van der Waals surface area contributed by atoms with E-state index in [-0.39, 0.29) is 6.10 Å². The molecule has 0 aliphatic carbocycles. The summed E-state index contributed by atoms with van der Waals surface area (Å²) < 4.78 is 5.77. The second-order valence-corrected chi connectivity index (χ2v) is 6.17. The van der Waals surface area contributed by atoms with Crippen LogP contribution in [-0.2, 0) is 11.2 Å². The number of anilines is 1. The van der Waals surface area contributed by atoms with Crippen molar-refractivity contribution in [3.8, 4) is 6.07 Å². The molecule has 24 heavy (non-hydrogen) atoms. The van der Waals surface area contributed by atoms with Gasteiger partial charge in [-0.2, -0.15) is 5.26 Å². The van der Waals surface area contributed by atoms with E-state index in [2.05, 4.69) is 52.1 Å². The van der Waals surface area contributed by atoms with E-state index in [1.807, 2.05) is 0 Å². The first-order chi connectivity index (χ1) is 11.7. The van der Waals surface area contributed by atoms with E-state index in [4.69, 9.17) is 10.00 Å². The molecule has 1 fully saturated rings. The van der Waals surface area contributed by atoms with E-state index >= 15 is 0 Å². The normalized spacial score (nSPS) is 16.8. The van der Waals surface area contributed by atoms with Gasteiger partial charge in [0.2, 0.25) is 5.95 Å². The van der Waals surface area contributed by atoms with E-state index < -0.39 is 0 Å². The third kappa shape index (κ3) is 4.30. The fourth-order valence-corrected chi connectivity index (χ4v) is 2.89. The molecule has 0 amide bonds. The molecule has 1 aromatic carbocycles. The van der Waals surface area contributed by atoms with E-state index in [9.17, 15) is 0 Å². The molecule has 1 aromatic heterocycles. The Hall–Kier alpha value is -2.45. The van der Waals surface area contributed by atoms with Crippen LogP contribution in [0.3, 0.4) is 0 Å². The number of hydrogen-bond donors (Lipinski definition) is 0. The van der Waals surface area contributed by atoms with Crippen LogP contribution >= 0.6 is 0 Å². The first-order valence-corrected chi connectivity index (χ1v) is 8.40. The predicted molar refractivity (Wildman–Crippen MR) is 92.8 cm³/mol. The summed E-state index contributed by atoms with van der Waals surface area (Å²) in [7, 11) is 0. The molecule has 3 rings (SSSR count). The zero-order chi connectivity index (χ0) is 16.8. The van der Waals surface area contributed by atoms with Crippen molar-refractivity contribution in [2.75, 3.05) is 24.6 Å². The molecule has 1 aliphatic heterocycles. The van der Waals surface area contributed by atoms with Crippen molar-refractivity contribution in [3.63, 3.8) is 0 Å². The van der Waals surface area contributed by atoms with E-state index in [0.717, 1.165) is 39.0 Å². The lowest BCUT2D eigenvalue weighted by Gasteiger charge is -2.25. The van der Waals surface area contributed by atoms with Crippen LogP contribution in [0, 0.1) is 18.3 Å². The number of aromatic nitrogens is 2. The fraction of sp³-hybridized carbons (Fsp3) is 0.421. The zero-order valence-corrected chi connectivity index (χ0v) is 14.0. The van der Waals surface area contributed by atoms with Crippen LogP contribution in [0.1, 0.15) is 29.7 Å². The molecule has 0 N–H and O–H groups in total. The number of benzene rings is 1. The van der Waals surface area contributed by atoms with Gasteiger partial charge in [0.1, 0.15) is 11.8 Å². The Morgan fingerprint density at radius 3 is 2.83 bits per heavy atom. The number of aryl methyl sites for hydroxylation is 1. The van der Waals surface area contributed by atoms with Gasteiger partial charge in [0, 0.05) is 25.9 Å². The predicted octanol–water partition coefficient (Wildman–Crippen LogP) is 2.88. The van der Waals surface area contributed by atoms with Crippen LogP contribution in [0.25, 0.3) is 0 Å². The lowest BCUT2D eigenvalue weighted by Crippen LogP contribution is -2.35. The van der Waals surface area contributed by atoms with Gasteiger partial charge in [-0.05, 0) is 37.8 Å². The smallest absolute Gasteiger partial charge is 0.226 e. The number of nitrogens with zero attached hydrogens (tertiary/aromatic N) is 4. The van der Waals surface area contributed by atoms with E-state index in [0.29, 0.717) is 11.6 Å². The summed E-state index contributed by atoms with van der Waals surface area (Å²) in [6.07, 6.45) is 4.95. The van der Waals surface area contributed by atoms with Gasteiger partial charge in [0.05, 0.1) is 6.10 Å².